The number of rotatable bonds is 5. The van der Waals surface area contributed by atoms with Gasteiger partial charge in [0, 0.05) is 38.4 Å². The van der Waals surface area contributed by atoms with Gasteiger partial charge in [0.2, 0.25) is 0 Å². The zero-order valence-corrected chi connectivity index (χ0v) is 18.5. The fourth-order valence-electron chi connectivity index (χ4n) is 4.11. The van der Waals surface area contributed by atoms with E-state index < -0.39 is 17.5 Å². The zero-order valence-electron chi connectivity index (χ0n) is 18.5. The van der Waals surface area contributed by atoms with Crippen LogP contribution in [0.1, 0.15) is 46.9 Å². The smallest absolute Gasteiger partial charge is 0.254 e. The van der Waals surface area contributed by atoms with Gasteiger partial charge in [-0.15, -0.1) is 0 Å². The van der Waals surface area contributed by atoms with Crippen molar-refractivity contribution in [3.8, 4) is 0 Å². The van der Waals surface area contributed by atoms with Crippen molar-refractivity contribution in [3.63, 3.8) is 0 Å². The van der Waals surface area contributed by atoms with Gasteiger partial charge in [-0.2, -0.15) is 0 Å². The number of carbonyl (C=O) groups is 1. The molecule has 4 rings (SSSR count). The maximum Gasteiger partial charge on any atom is 0.254 e. The zero-order chi connectivity index (χ0) is 23.5. The normalized spacial score (nSPS) is 15.7. The molecule has 0 unspecified atom stereocenters. The quantitative estimate of drug-likeness (QED) is 0.675. The lowest BCUT2D eigenvalue weighted by molar-refractivity contribution is 0.0958. The SMILES string of the molecule is CCC1=Cc2ncc(CN3CC=C(c4ccc(C(=O)NC)c(F)c4F)CC3)cc2NC1=C=O. The Morgan fingerprint density at radius 2 is 2.12 bits per heavy atom. The van der Waals surface area contributed by atoms with Gasteiger partial charge in [-0.3, -0.25) is 14.7 Å². The van der Waals surface area contributed by atoms with Crippen LogP contribution in [0, 0.1) is 11.6 Å². The van der Waals surface area contributed by atoms with Gasteiger partial charge < -0.3 is 10.6 Å². The minimum absolute atomic E-state index is 0.186. The number of carbonyl (C=O) groups excluding carboxylic acids is 2. The summed E-state index contributed by atoms with van der Waals surface area (Å²) in [6.45, 7) is 3.83. The lowest BCUT2D eigenvalue weighted by atomic mass is 9.97. The number of nitrogens with zero attached hydrogens (tertiary/aromatic N) is 2. The van der Waals surface area contributed by atoms with Gasteiger partial charge in [0.1, 0.15) is 5.70 Å². The summed E-state index contributed by atoms with van der Waals surface area (Å²) in [6.07, 6.45) is 6.85. The molecule has 0 saturated heterocycles. The van der Waals surface area contributed by atoms with Crippen LogP contribution in [0.25, 0.3) is 11.6 Å². The van der Waals surface area contributed by atoms with Crippen LogP contribution in [-0.4, -0.2) is 41.9 Å². The Morgan fingerprint density at radius 3 is 2.79 bits per heavy atom. The number of allylic oxidation sites excluding steroid dienone is 1. The van der Waals surface area contributed by atoms with E-state index in [1.54, 1.807) is 0 Å². The predicted octanol–water partition coefficient (Wildman–Crippen LogP) is 3.94. The van der Waals surface area contributed by atoms with Crippen molar-refractivity contribution in [2.24, 2.45) is 0 Å². The monoisotopic (exact) mass is 450 g/mol. The molecule has 0 spiro atoms. The lowest BCUT2D eigenvalue weighted by Crippen LogP contribution is -2.28. The van der Waals surface area contributed by atoms with Gasteiger partial charge in [0.05, 0.1) is 16.9 Å². The topological polar surface area (TPSA) is 74.3 Å². The number of hydrogen-bond acceptors (Lipinski definition) is 5. The molecule has 33 heavy (non-hydrogen) atoms. The van der Waals surface area contributed by atoms with Gasteiger partial charge in [0.25, 0.3) is 5.91 Å². The van der Waals surface area contributed by atoms with E-state index in [2.05, 4.69) is 20.5 Å². The molecule has 0 radical (unpaired) electrons. The maximum atomic E-state index is 14.6. The number of aromatic nitrogens is 1. The highest BCUT2D eigenvalue weighted by Crippen LogP contribution is 2.30. The van der Waals surface area contributed by atoms with Crippen molar-refractivity contribution >= 4 is 29.2 Å². The van der Waals surface area contributed by atoms with E-state index in [0.29, 0.717) is 43.7 Å². The summed E-state index contributed by atoms with van der Waals surface area (Å²) >= 11 is 0. The highest BCUT2D eigenvalue weighted by atomic mass is 19.2. The van der Waals surface area contributed by atoms with Crippen molar-refractivity contribution in [3.05, 3.63) is 75.8 Å². The third-order valence-corrected chi connectivity index (χ3v) is 5.95. The number of fused-ring (bicyclic) bond motifs is 1. The summed E-state index contributed by atoms with van der Waals surface area (Å²) in [4.78, 5) is 29.6. The number of benzene rings is 1. The van der Waals surface area contributed by atoms with Crippen LogP contribution in [0.3, 0.4) is 0 Å². The second-order valence-electron chi connectivity index (χ2n) is 7.98. The van der Waals surface area contributed by atoms with Crippen LogP contribution < -0.4 is 10.6 Å². The molecule has 2 aliphatic rings. The van der Waals surface area contributed by atoms with Gasteiger partial charge in [-0.05, 0) is 47.8 Å². The molecule has 3 heterocycles. The number of anilines is 1. The molecular formula is C25H24F2N4O2. The minimum Gasteiger partial charge on any atom is -0.355 e. The van der Waals surface area contributed by atoms with E-state index >= 15 is 0 Å². The molecule has 0 atom stereocenters. The molecule has 0 bridgehead atoms. The number of halogens is 2. The summed E-state index contributed by atoms with van der Waals surface area (Å²) in [6, 6.07) is 4.74. The van der Waals surface area contributed by atoms with E-state index in [1.807, 2.05) is 37.3 Å². The molecular weight excluding hydrogens is 426 g/mol. The van der Waals surface area contributed by atoms with Crippen molar-refractivity contribution in [1.29, 1.82) is 0 Å². The molecule has 0 saturated carbocycles. The number of hydrogen-bond donors (Lipinski definition) is 2. The molecule has 1 aromatic heterocycles. The summed E-state index contributed by atoms with van der Waals surface area (Å²) < 4.78 is 28.9. The van der Waals surface area contributed by atoms with E-state index in [-0.39, 0.29) is 11.1 Å². The minimum atomic E-state index is -1.13. The van der Waals surface area contributed by atoms with Crippen molar-refractivity contribution < 1.29 is 18.4 Å². The summed E-state index contributed by atoms with van der Waals surface area (Å²) in [5.74, 6) is -0.843. The third kappa shape index (κ3) is 4.49. The molecule has 0 fully saturated rings. The van der Waals surface area contributed by atoms with E-state index in [1.165, 1.54) is 19.2 Å². The van der Waals surface area contributed by atoms with E-state index in [0.717, 1.165) is 22.5 Å². The fraction of sp³-hybridized carbons (Fsp3) is 0.280. The fourth-order valence-corrected chi connectivity index (χ4v) is 4.11. The molecule has 2 aliphatic heterocycles. The Kier molecular flexibility index (Phi) is 6.49. The lowest BCUT2D eigenvalue weighted by Gasteiger charge is -2.27. The molecule has 1 amide bonds. The summed E-state index contributed by atoms with van der Waals surface area (Å²) in [7, 11) is 1.37. The first-order valence-electron chi connectivity index (χ1n) is 10.8. The largest absolute Gasteiger partial charge is 0.355 e. The van der Waals surface area contributed by atoms with Gasteiger partial charge in [0.15, 0.2) is 17.6 Å². The standard InChI is InChI=1S/C25H24F2N4O2/c1-3-16-11-20-21(30-22(16)14-32)10-15(12-29-20)13-31-8-6-17(7-9-31)18-4-5-19(25(33)28-2)24(27)23(18)26/h4-6,10-12,30H,3,7-9,13H2,1-2H3,(H,28,33). The van der Waals surface area contributed by atoms with Gasteiger partial charge >= 0.3 is 0 Å². The molecule has 6 nitrogen and oxygen atoms in total. The second kappa shape index (κ2) is 9.48. The Morgan fingerprint density at radius 1 is 1.30 bits per heavy atom. The molecule has 8 heteroatoms. The summed E-state index contributed by atoms with van der Waals surface area (Å²) in [5, 5.41) is 5.42. The number of pyridine rings is 1. The molecule has 170 valence electrons. The molecule has 0 aliphatic carbocycles. The number of nitrogens with one attached hydrogen (secondary N) is 2. The Bertz CT molecular complexity index is 1230. The molecule has 2 aromatic rings. The Balaban J connectivity index is 1.48. The van der Waals surface area contributed by atoms with Crippen LogP contribution in [0.5, 0.6) is 0 Å². The van der Waals surface area contributed by atoms with Crippen molar-refractivity contribution in [1.82, 2.24) is 15.2 Å². The highest BCUT2D eigenvalue weighted by molar-refractivity contribution is 5.94. The average molecular weight is 450 g/mol. The Hall–Kier alpha value is -3.61. The van der Waals surface area contributed by atoms with Crippen molar-refractivity contribution in [2.75, 3.05) is 25.5 Å². The van der Waals surface area contributed by atoms with Crippen LogP contribution in [-0.2, 0) is 11.3 Å². The highest BCUT2D eigenvalue weighted by Gasteiger charge is 2.22. The van der Waals surface area contributed by atoms with Crippen molar-refractivity contribution in [2.45, 2.75) is 26.3 Å². The second-order valence-corrected chi connectivity index (χ2v) is 7.98. The van der Waals surface area contributed by atoms with Crippen LogP contribution in [0.2, 0.25) is 0 Å². The maximum absolute atomic E-state index is 14.6. The number of amides is 1. The first-order chi connectivity index (χ1) is 15.9. The first-order valence-corrected chi connectivity index (χ1v) is 10.8. The van der Waals surface area contributed by atoms with Gasteiger partial charge in [-0.1, -0.05) is 19.1 Å². The summed E-state index contributed by atoms with van der Waals surface area (Å²) in [5.41, 5.74) is 4.44. The Labute approximate surface area is 190 Å². The third-order valence-electron chi connectivity index (χ3n) is 5.95. The van der Waals surface area contributed by atoms with Crippen LogP contribution in [0.4, 0.5) is 14.5 Å². The molecule has 1 aromatic carbocycles. The van der Waals surface area contributed by atoms with E-state index in [4.69, 9.17) is 0 Å². The first kappa shape index (κ1) is 22.6. The average Bonchev–Trinajstić information content (AvgIpc) is 2.84. The molecule has 2 N–H and O–H groups in total. The predicted molar refractivity (Wildman–Crippen MR) is 123 cm³/mol. The van der Waals surface area contributed by atoms with E-state index in [9.17, 15) is 18.4 Å². The van der Waals surface area contributed by atoms with Crippen LogP contribution >= 0.6 is 0 Å². The van der Waals surface area contributed by atoms with Gasteiger partial charge in [-0.25, -0.2) is 13.6 Å². The van der Waals surface area contributed by atoms with Crippen LogP contribution in [0.15, 0.2) is 41.7 Å².